The first-order valence-corrected chi connectivity index (χ1v) is 13.1. The van der Waals surface area contributed by atoms with Crippen LogP contribution in [0.4, 0.5) is 5.69 Å². The molecular formula is C34H24N4. The topological polar surface area (TPSA) is 50.2 Å². The number of anilines is 1. The van der Waals surface area contributed by atoms with Gasteiger partial charge in [-0.15, -0.1) is 0 Å². The van der Waals surface area contributed by atoms with Crippen LogP contribution in [0.3, 0.4) is 0 Å². The molecule has 2 aliphatic heterocycles. The Labute approximate surface area is 220 Å². The molecular weight excluding hydrogens is 464 g/mol. The SMILES string of the molecule is C1=Cc2ccc3ccc(-c4ccc5ccc(-c6ccc7c(n6)C6=NC=CCC6C=C7)cc5c4)nc3c2NC1. The molecule has 5 aromatic rings. The van der Waals surface area contributed by atoms with Crippen LogP contribution in [0.1, 0.15) is 23.2 Å². The summed E-state index contributed by atoms with van der Waals surface area (Å²) in [7, 11) is 0. The van der Waals surface area contributed by atoms with Crippen molar-refractivity contribution >= 4 is 45.2 Å². The molecule has 0 saturated heterocycles. The van der Waals surface area contributed by atoms with Crippen LogP contribution >= 0.6 is 0 Å². The summed E-state index contributed by atoms with van der Waals surface area (Å²) in [6.45, 7) is 0.828. The second kappa shape index (κ2) is 8.35. The maximum atomic E-state index is 5.10. The molecule has 1 N–H and O–H groups in total. The molecule has 2 aromatic heterocycles. The number of pyridine rings is 2. The molecule has 4 heteroatoms. The Morgan fingerprint density at radius 2 is 1.45 bits per heavy atom. The van der Waals surface area contributed by atoms with Crippen LogP contribution in [0.15, 0.2) is 102 Å². The maximum Gasteiger partial charge on any atom is 0.0947 e. The number of rotatable bonds is 2. The molecule has 1 atom stereocenters. The minimum absolute atomic E-state index is 0.320. The van der Waals surface area contributed by atoms with E-state index in [2.05, 4.69) is 113 Å². The van der Waals surface area contributed by atoms with Gasteiger partial charge in [0.15, 0.2) is 0 Å². The van der Waals surface area contributed by atoms with Crippen molar-refractivity contribution in [2.24, 2.45) is 10.9 Å². The summed E-state index contributed by atoms with van der Waals surface area (Å²) in [6.07, 6.45) is 13.8. The predicted octanol–water partition coefficient (Wildman–Crippen LogP) is 7.91. The molecule has 3 aliphatic rings. The first kappa shape index (κ1) is 21.3. The molecule has 0 amide bonds. The van der Waals surface area contributed by atoms with Crippen LogP contribution in [-0.4, -0.2) is 22.2 Å². The largest absolute Gasteiger partial charge is 0.379 e. The fraction of sp³-hybridized carbons (Fsp3) is 0.0882. The van der Waals surface area contributed by atoms with Gasteiger partial charge in [-0.25, -0.2) is 9.97 Å². The monoisotopic (exact) mass is 488 g/mol. The Hall–Kier alpha value is -4.83. The second-order valence-electron chi connectivity index (χ2n) is 10.1. The average Bonchev–Trinajstić information content (AvgIpc) is 3.00. The first-order valence-electron chi connectivity index (χ1n) is 13.1. The minimum atomic E-state index is 0.320. The van der Waals surface area contributed by atoms with Gasteiger partial charge in [-0.2, -0.15) is 0 Å². The molecule has 0 saturated carbocycles. The highest BCUT2D eigenvalue weighted by Gasteiger charge is 2.24. The lowest BCUT2D eigenvalue weighted by Crippen LogP contribution is -2.21. The van der Waals surface area contributed by atoms with Crippen LogP contribution in [0, 0.1) is 5.92 Å². The number of benzene rings is 3. The van der Waals surface area contributed by atoms with E-state index in [-0.39, 0.29) is 0 Å². The molecule has 1 aliphatic carbocycles. The highest BCUT2D eigenvalue weighted by atomic mass is 14.9. The van der Waals surface area contributed by atoms with Crippen LogP contribution in [0.5, 0.6) is 0 Å². The third kappa shape index (κ3) is 3.41. The van der Waals surface area contributed by atoms with Crippen molar-refractivity contribution in [3.63, 3.8) is 0 Å². The van der Waals surface area contributed by atoms with Crippen LogP contribution in [0.2, 0.25) is 0 Å². The van der Waals surface area contributed by atoms with E-state index in [9.17, 15) is 0 Å². The van der Waals surface area contributed by atoms with Gasteiger partial charge in [0.1, 0.15) is 0 Å². The molecule has 1 unspecified atom stereocenters. The van der Waals surface area contributed by atoms with Gasteiger partial charge >= 0.3 is 0 Å². The van der Waals surface area contributed by atoms with Crippen LogP contribution in [-0.2, 0) is 0 Å². The summed E-state index contributed by atoms with van der Waals surface area (Å²) < 4.78 is 0. The number of fused-ring (bicyclic) bond motifs is 7. The molecule has 0 fully saturated rings. The molecule has 3 aromatic carbocycles. The lowest BCUT2D eigenvalue weighted by atomic mass is 9.87. The maximum absolute atomic E-state index is 5.10. The second-order valence-corrected chi connectivity index (χ2v) is 10.1. The fourth-order valence-electron chi connectivity index (χ4n) is 5.75. The highest BCUT2D eigenvalue weighted by Crippen LogP contribution is 2.34. The fourth-order valence-corrected chi connectivity index (χ4v) is 5.75. The van der Waals surface area contributed by atoms with Crippen molar-refractivity contribution in [2.75, 3.05) is 11.9 Å². The molecule has 180 valence electrons. The summed E-state index contributed by atoms with van der Waals surface area (Å²) in [5.41, 5.74) is 10.7. The van der Waals surface area contributed by atoms with Crippen molar-refractivity contribution in [2.45, 2.75) is 6.42 Å². The zero-order valence-corrected chi connectivity index (χ0v) is 20.7. The lowest BCUT2D eigenvalue weighted by Gasteiger charge is -2.22. The van der Waals surface area contributed by atoms with Crippen molar-refractivity contribution < 1.29 is 0 Å². The predicted molar refractivity (Wildman–Crippen MR) is 158 cm³/mol. The van der Waals surface area contributed by atoms with E-state index >= 15 is 0 Å². The molecule has 4 heterocycles. The third-order valence-corrected chi connectivity index (χ3v) is 7.76. The Morgan fingerprint density at radius 3 is 2.34 bits per heavy atom. The minimum Gasteiger partial charge on any atom is -0.379 e. The number of allylic oxidation sites excluding steroid dienone is 2. The van der Waals surface area contributed by atoms with Crippen molar-refractivity contribution in [1.29, 1.82) is 0 Å². The summed E-state index contributed by atoms with van der Waals surface area (Å²) in [4.78, 5) is 14.9. The van der Waals surface area contributed by atoms with Gasteiger partial charge in [0, 0.05) is 40.7 Å². The van der Waals surface area contributed by atoms with Gasteiger partial charge in [0.2, 0.25) is 0 Å². The third-order valence-electron chi connectivity index (χ3n) is 7.76. The van der Waals surface area contributed by atoms with Gasteiger partial charge in [0.05, 0.1) is 34.0 Å². The van der Waals surface area contributed by atoms with E-state index in [1.54, 1.807) is 0 Å². The summed E-state index contributed by atoms with van der Waals surface area (Å²) in [6, 6.07) is 26.0. The van der Waals surface area contributed by atoms with Gasteiger partial charge in [0.25, 0.3) is 0 Å². The smallest absolute Gasteiger partial charge is 0.0947 e. The van der Waals surface area contributed by atoms with Crippen molar-refractivity contribution in [3.05, 3.63) is 114 Å². The normalized spacial score (nSPS) is 17.1. The molecule has 38 heavy (non-hydrogen) atoms. The van der Waals surface area contributed by atoms with E-state index in [1.165, 1.54) is 16.3 Å². The molecule has 0 radical (unpaired) electrons. The van der Waals surface area contributed by atoms with E-state index in [1.807, 2.05) is 6.20 Å². The number of hydrogen-bond donors (Lipinski definition) is 1. The van der Waals surface area contributed by atoms with Crippen LogP contribution in [0.25, 0.3) is 56.3 Å². The highest BCUT2D eigenvalue weighted by molar-refractivity contribution is 6.08. The molecule has 0 spiro atoms. The van der Waals surface area contributed by atoms with Gasteiger partial charge in [-0.05, 0) is 47.0 Å². The standard InChI is InChI=1S/C34H24N4/c1-3-22-7-9-24-13-15-29(37-33(24)31(22)35-17-1)26-11-5-21-6-12-27(20-28(21)19-26)30-16-14-25-10-8-23-4-2-18-36-32(23)34(25)38-30/h1-3,5-16,18-20,23,35H,4,17H2. The van der Waals surface area contributed by atoms with E-state index in [0.29, 0.717) is 5.92 Å². The van der Waals surface area contributed by atoms with E-state index in [4.69, 9.17) is 9.97 Å². The zero-order valence-electron chi connectivity index (χ0n) is 20.7. The van der Waals surface area contributed by atoms with Crippen molar-refractivity contribution in [3.8, 4) is 22.5 Å². The van der Waals surface area contributed by atoms with Gasteiger partial charge in [-0.1, -0.05) is 78.9 Å². The van der Waals surface area contributed by atoms with E-state index < -0.39 is 0 Å². The molecule has 4 nitrogen and oxygen atoms in total. The first-order chi connectivity index (χ1) is 18.8. The van der Waals surface area contributed by atoms with Gasteiger partial charge < -0.3 is 5.32 Å². The number of nitrogens with zero attached hydrogens (tertiary/aromatic N) is 3. The number of aromatic nitrogens is 2. The van der Waals surface area contributed by atoms with Gasteiger partial charge in [-0.3, -0.25) is 4.99 Å². The Morgan fingerprint density at radius 1 is 0.684 bits per heavy atom. The summed E-state index contributed by atoms with van der Waals surface area (Å²) in [5.74, 6) is 0.320. The lowest BCUT2D eigenvalue weighted by molar-refractivity contribution is 0.855. The molecule has 8 rings (SSSR count). The Kier molecular flexibility index (Phi) is 4.68. The zero-order chi connectivity index (χ0) is 25.1. The number of hydrogen-bond acceptors (Lipinski definition) is 4. The Bertz CT molecular complexity index is 1910. The van der Waals surface area contributed by atoms with Crippen LogP contribution < -0.4 is 5.32 Å². The number of nitrogens with one attached hydrogen (secondary N) is 1. The summed E-state index contributed by atoms with van der Waals surface area (Å²) >= 11 is 0. The average molecular weight is 489 g/mol. The Balaban J connectivity index is 1.21. The quantitative estimate of drug-likeness (QED) is 0.275. The summed E-state index contributed by atoms with van der Waals surface area (Å²) in [5, 5.41) is 7.02. The molecule has 0 bridgehead atoms. The number of aliphatic imine (C=N–C) groups is 1. The van der Waals surface area contributed by atoms with Crippen molar-refractivity contribution in [1.82, 2.24) is 9.97 Å². The van der Waals surface area contributed by atoms with E-state index in [0.717, 1.165) is 69.0 Å².